The van der Waals surface area contributed by atoms with E-state index in [-0.39, 0.29) is 12.6 Å². The number of para-hydroxylation sites is 1. The Bertz CT molecular complexity index is 494. The Morgan fingerprint density at radius 2 is 1.92 bits per heavy atom. The van der Waals surface area contributed by atoms with Gasteiger partial charge in [-0.1, -0.05) is 18.2 Å². The SMILES string of the molecule is COC(CN(C)N)CN(C)c1ccccc1.O=CO/C=C/C(=O)O. The predicted octanol–water partition coefficient (Wildman–Crippen LogP) is 0.701. The number of carbonyl (C=O) groups is 2. The van der Waals surface area contributed by atoms with E-state index in [1.807, 2.05) is 25.2 Å². The van der Waals surface area contributed by atoms with Gasteiger partial charge in [0.1, 0.15) is 6.26 Å². The van der Waals surface area contributed by atoms with E-state index in [0.717, 1.165) is 12.8 Å². The van der Waals surface area contributed by atoms with Gasteiger partial charge in [0.15, 0.2) is 0 Å². The molecule has 1 atom stereocenters. The van der Waals surface area contributed by atoms with Gasteiger partial charge in [0.05, 0.1) is 12.2 Å². The quantitative estimate of drug-likeness (QED) is 0.223. The van der Waals surface area contributed by atoms with Crippen molar-refractivity contribution in [2.24, 2.45) is 5.84 Å². The van der Waals surface area contributed by atoms with Crippen LogP contribution in [0.4, 0.5) is 5.69 Å². The van der Waals surface area contributed by atoms with Crippen LogP contribution in [0.25, 0.3) is 0 Å². The van der Waals surface area contributed by atoms with Crippen molar-refractivity contribution in [1.82, 2.24) is 5.01 Å². The Hall–Kier alpha value is -2.42. The monoisotopic (exact) mass is 339 g/mol. The van der Waals surface area contributed by atoms with Gasteiger partial charge in [-0.15, -0.1) is 0 Å². The zero-order valence-electron chi connectivity index (χ0n) is 14.2. The lowest BCUT2D eigenvalue weighted by molar-refractivity contribution is -0.131. The Balaban J connectivity index is 0.000000561. The third-order valence-electron chi connectivity index (χ3n) is 2.84. The summed E-state index contributed by atoms with van der Waals surface area (Å²) in [5.74, 6) is 4.47. The molecule has 1 aromatic rings. The molecule has 134 valence electrons. The molecule has 0 saturated heterocycles. The average Bonchev–Trinajstić information content (AvgIpc) is 2.55. The van der Waals surface area contributed by atoms with Crippen LogP contribution in [0.15, 0.2) is 42.7 Å². The Morgan fingerprint density at radius 1 is 1.29 bits per heavy atom. The molecule has 0 aromatic heterocycles. The normalized spacial score (nSPS) is 11.5. The summed E-state index contributed by atoms with van der Waals surface area (Å²) in [6.45, 7) is 1.68. The topological polar surface area (TPSA) is 105 Å². The highest BCUT2D eigenvalue weighted by Crippen LogP contribution is 2.11. The molecule has 3 N–H and O–H groups in total. The number of carboxylic acids is 1. The molecule has 0 heterocycles. The smallest absolute Gasteiger partial charge is 0.331 e. The van der Waals surface area contributed by atoms with E-state index in [1.165, 1.54) is 5.69 Å². The first-order valence-electron chi connectivity index (χ1n) is 7.14. The molecule has 8 heteroatoms. The van der Waals surface area contributed by atoms with Crippen LogP contribution in [-0.2, 0) is 19.1 Å². The van der Waals surface area contributed by atoms with E-state index in [0.29, 0.717) is 12.6 Å². The van der Waals surface area contributed by atoms with Crippen LogP contribution in [0.3, 0.4) is 0 Å². The summed E-state index contributed by atoms with van der Waals surface area (Å²) in [6.07, 6.45) is 1.62. The zero-order chi connectivity index (χ0) is 18.4. The molecule has 0 saturated carbocycles. The number of anilines is 1. The van der Waals surface area contributed by atoms with Crippen LogP contribution in [0.5, 0.6) is 0 Å². The molecular weight excluding hydrogens is 314 g/mol. The minimum Gasteiger partial charge on any atom is -0.478 e. The lowest BCUT2D eigenvalue weighted by Gasteiger charge is -2.26. The first-order valence-corrected chi connectivity index (χ1v) is 7.14. The maximum Gasteiger partial charge on any atom is 0.331 e. The maximum atomic E-state index is 9.59. The van der Waals surface area contributed by atoms with Gasteiger partial charge in [0, 0.05) is 40.0 Å². The Kier molecular flexibility index (Phi) is 11.7. The third kappa shape index (κ3) is 11.2. The number of hydrogen-bond acceptors (Lipinski definition) is 7. The van der Waals surface area contributed by atoms with Gasteiger partial charge >= 0.3 is 5.97 Å². The molecule has 0 spiro atoms. The van der Waals surface area contributed by atoms with E-state index in [2.05, 4.69) is 28.8 Å². The van der Waals surface area contributed by atoms with E-state index in [1.54, 1.807) is 12.1 Å². The number of nitrogens with zero attached hydrogens (tertiary/aromatic N) is 2. The summed E-state index contributed by atoms with van der Waals surface area (Å²) in [5.41, 5.74) is 1.18. The molecule has 0 aliphatic rings. The molecule has 24 heavy (non-hydrogen) atoms. The second-order valence-electron chi connectivity index (χ2n) is 4.89. The number of ether oxygens (including phenoxy) is 2. The molecule has 8 nitrogen and oxygen atoms in total. The number of nitrogens with two attached hydrogens (primary N) is 1. The van der Waals surface area contributed by atoms with E-state index in [4.69, 9.17) is 15.7 Å². The molecule has 0 aliphatic carbocycles. The van der Waals surface area contributed by atoms with Crippen LogP contribution in [0.1, 0.15) is 0 Å². The summed E-state index contributed by atoms with van der Waals surface area (Å²) >= 11 is 0. The molecule has 1 aromatic carbocycles. The van der Waals surface area contributed by atoms with Gasteiger partial charge in [-0.05, 0) is 12.1 Å². The van der Waals surface area contributed by atoms with Gasteiger partial charge in [-0.3, -0.25) is 10.6 Å². The molecule has 0 amide bonds. The number of hydrazine groups is 1. The van der Waals surface area contributed by atoms with Crippen molar-refractivity contribution in [3.05, 3.63) is 42.7 Å². The highest BCUT2D eigenvalue weighted by molar-refractivity contribution is 5.79. The highest BCUT2D eigenvalue weighted by Gasteiger charge is 2.12. The molecular formula is C16H25N3O5. The van der Waals surface area contributed by atoms with E-state index >= 15 is 0 Å². The minimum absolute atomic E-state index is 0.111. The van der Waals surface area contributed by atoms with Gasteiger partial charge in [-0.2, -0.15) is 0 Å². The summed E-state index contributed by atoms with van der Waals surface area (Å²) < 4.78 is 9.29. The van der Waals surface area contributed by atoms with Crippen molar-refractivity contribution < 1.29 is 24.2 Å². The fraction of sp³-hybridized carbons (Fsp3) is 0.375. The lowest BCUT2D eigenvalue weighted by Crippen LogP contribution is -2.41. The van der Waals surface area contributed by atoms with E-state index < -0.39 is 5.97 Å². The van der Waals surface area contributed by atoms with Crippen molar-refractivity contribution in [3.63, 3.8) is 0 Å². The maximum absolute atomic E-state index is 9.59. The molecule has 0 aliphatic heterocycles. The third-order valence-corrected chi connectivity index (χ3v) is 2.84. The largest absolute Gasteiger partial charge is 0.478 e. The van der Waals surface area contributed by atoms with Crippen LogP contribution < -0.4 is 10.7 Å². The number of carboxylic acid groups (broad SMARTS) is 1. The van der Waals surface area contributed by atoms with Crippen molar-refractivity contribution in [3.8, 4) is 0 Å². The highest BCUT2D eigenvalue weighted by atomic mass is 16.5. The van der Waals surface area contributed by atoms with Gasteiger partial charge in [-0.25, -0.2) is 9.80 Å². The predicted molar refractivity (Wildman–Crippen MR) is 91.3 cm³/mol. The summed E-state index contributed by atoms with van der Waals surface area (Å²) in [5, 5.41) is 9.50. The van der Waals surface area contributed by atoms with Gasteiger partial charge in [0.2, 0.25) is 0 Å². The Labute approximate surface area is 142 Å². The summed E-state index contributed by atoms with van der Waals surface area (Å²) in [7, 11) is 5.61. The van der Waals surface area contributed by atoms with Crippen molar-refractivity contribution >= 4 is 18.1 Å². The molecule has 0 fully saturated rings. The van der Waals surface area contributed by atoms with Crippen LogP contribution in [-0.4, -0.2) is 63.0 Å². The second-order valence-corrected chi connectivity index (χ2v) is 4.89. The van der Waals surface area contributed by atoms with Crippen LogP contribution in [0.2, 0.25) is 0 Å². The minimum atomic E-state index is -1.15. The molecule has 1 rings (SSSR count). The number of methoxy groups -OCH3 is 1. The lowest BCUT2D eigenvalue weighted by atomic mass is 10.2. The second kappa shape index (κ2) is 13.1. The van der Waals surface area contributed by atoms with Crippen molar-refractivity contribution in [2.45, 2.75) is 6.10 Å². The zero-order valence-corrected chi connectivity index (χ0v) is 14.2. The molecule has 0 radical (unpaired) electrons. The standard InChI is InChI=1S/C12H21N3O.C4H4O4/c1-14(11-7-5-4-6-8-11)9-12(16-3)10-15(2)13;5-3-8-2-1-4(6)7/h4-8,12H,9-10,13H2,1-3H3;1-3H,(H,6,7)/b;2-1+. The fourth-order valence-corrected chi connectivity index (χ4v) is 1.75. The van der Waals surface area contributed by atoms with Crippen molar-refractivity contribution in [2.75, 3.05) is 39.2 Å². The average molecular weight is 339 g/mol. The van der Waals surface area contributed by atoms with Crippen LogP contribution >= 0.6 is 0 Å². The number of hydrogen-bond donors (Lipinski definition) is 2. The molecule has 0 bridgehead atoms. The fourth-order valence-electron chi connectivity index (χ4n) is 1.75. The summed E-state index contributed by atoms with van der Waals surface area (Å²) in [6, 6.07) is 10.2. The first kappa shape index (κ1) is 21.6. The van der Waals surface area contributed by atoms with Crippen LogP contribution in [0, 0.1) is 0 Å². The first-order chi connectivity index (χ1) is 11.4. The van der Waals surface area contributed by atoms with Gasteiger partial charge < -0.3 is 19.5 Å². The number of likely N-dealkylation sites (N-methyl/N-ethyl adjacent to an activating group) is 2. The van der Waals surface area contributed by atoms with E-state index in [9.17, 15) is 9.59 Å². The summed E-state index contributed by atoms with van der Waals surface area (Å²) in [4.78, 5) is 21.1. The number of aliphatic carboxylic acids is 1. The van der Waals surface area contributed by atoms with Gasteiger partial charge in [0.25, 0.3) is 6.47 Å². The Morgan fingerprint density at radius 3 is 2.38 bits per heavy atom. The number of rotatable bonds is 9. The number of carbonyl (C=O) groups excluding carboxylic acids is 1. The van der Waals surface area contributed by atoms with Crippen molar-refractivity contribution in [1.29, 1.82) is 0 Å². The number of benzene rings is 1. The molecule has 1 unspecified atom stereocenters.